The Balaban J connectivity index is 2.18. The molecule has 2 rings (SSSR count). The SMILES string of the molecule is CC1(C(N)=NO)CCN(S(=O)(=O)c2cc(Cl)c(Br)s2)CC1. The molecule has 0 atom stereocenters. The van der Waals surface area contributed by atoms with Crippen LogP contribution in [-0.2, 0) is 10.0 Å². The molecule has 0 spiro atoms. The van der Waals surface area contributed by atoms with Crippen molar-refractivity contribution in [2.24, 2.45) is 16.3 Å². The molecule has 0 saturated carbocycles. The van der Waals surface area contributed by atoms with Gasteiger partial charge in [-0.25, -0.2) is 8.42 Å². The highest BCUT2D eigenvalue weighted by molar-refractivity contribution is 9.11. The van der Waals surface area contributed by atoms with Gasteiger partial charge in [0, 0.05) is 18.5 Å². The maximum absolute atomic E-state index is 12.5. The molecule has 1 aromatic heterocycles. The molecule has 21 heavy (non-hydrogen) atoms. The van der Waals surface area contributed by atoms with E-state index in [1.807, 2.05) is 6.92 Å². The molecule has 1 fully saturated rings. The van der Waals surface area contributed by atoms with Gasteiger partial charge in [-0.3, -0.25) is 0 Å². The number of hydrogen-bond donors (Lipinski definition) is 2. The van der Waals surface area contributed by atoms with E-state index in [9.17, 15) is 8.42 Å². The lowest BCUT2D eigenvalue weighted by Crippen LogP contribution is -2.47. The number of rotatable bonds is 3. The highest BCUT2D eigenvalue weighted by Crippen LogP contribution is 2.38. The first-order valence-corrected chi connectivity index (χ1v) is 9.56. The zero-order valence-electron chi connectivity index (χ0n) is 11.2. The number of nitrogens with zero attached hydrogens (tertiary/aromatic N) is 2. The van der Waals surface area contributed by atoms with Crippen molar-refractivity contribution in [3.8, 4) is 0 Å². The van der Waals surface area contributed by atoms with Crippen LogP contribution >= 0.6 is 38.9 Å². The Kier molecular flexibility index (Phi) is 4.89. The van der Waals surface area contributed by atoms with Crippen molar-refractivity contribution in [3.63, 3.8) is 0 Å². The second kappa shape index (κ2) is 6.04. The molecular formula is C11H15BrClN3O3S2. The summed E-state index contributed by atoms with van der Waals surface area (Å²) >= 11 is 10.2. The summed E-state index contributed by atoms with van der Waals surface area (Å²) in [6.45, 7) is 2.51. The van der Waals surface area contributed by atoms with Crippen molar-refractivity contribution in [3.05, 3.63) is 14.9 Å². The van der Waals surface area contributed by atoms with Crippen molar-refractivity contribution >= 4 is 54.7 Å². The number of piperidine rings is 1. The first kappa shape index (κ1) is 17.0. The lowest BCUT2D eigenvalue weighted by atomic mass is 9.80. The number of halogens is 2. The molecule has 0 amide bonds. The van der Waals surface area contributed by atoms with Crippen LogP contribution in [0, 0.1) is 5.41 Å². The molecule has 6 nitrogen and oxygen atoms in total. The van der Waals surface area contributed by atoms with E-state index in [0.717, 1.165) is 11.3 Å². The Morgan fingerprint density at radius 1 is 1.57 bits per heavy atom. The van der Waals surface area contributed by atoms with Gasteiger partial charge >= 0.3 is 0 Å². The molecule has 1 aliphatic rings. The monoisotopic (exact) mass is 415 g/mol. The Bertz CT molecular complexity index is 647. The summed E-state index contributed by atoms with van der Waals surface area (Å²) in [7, 11) is -3.55. The lowest BCUT2D eigenvalue weighted by Gasteiger charge is -2.37. The number of amidine groups is 1. The molecule has 1 aromatic rings. The van der Waals surface area contributed by atoms with Crippen LogP contribution in [-0.4, -0.2) is 36.9 Å². The van der Waals surface area contributed by atoms with Gasteiger partial charge in [-0.1, -0.05) is 23.7 Å². The molecule has 0 radical (unpaired) electrons. The zero-order valence-corrected chi connectivity index (χ0v) is 15.2. The summed E-state index contributed by atoms with van der Waals surface area (Å²) in [5, 5.41) is 12.2. The molecule has 0 aliphatic carbocycles. The average Bonchev–Trinajstić information content (AvgIpc) is 2.79. The van der Waals surface area contributed by atoms with Gasteiger partial charge in [0.2, 0.25) is 0 Å². The molecule has 2 heterocycles. The van der Waals surface area contributed by atoms with E-state index >= 15 is 0 Å². The van der Waals surface area contributed by atoms with Gasteiger partial charge in [-0.05, 0) is 34.8 Å². The molecule has 0 unspecified atom stereocenters. The fraction of sp³-hybridized carbons (Fsp3) is 0.545. The minimum absolute atomic E-state index is 0.140. The maximum atomic E-state index is 12.5. The van der Waals surface area contributed by atoms with Crippen molar-refractivity contribution in [1.29, 1.82) is 0 Å². The highest BCUT2D eigenvalue weighted by atomic mass is 79.9. The van der Waals surface area contributed by atoms with Gasteiger partial charge in [0.15, 0.2) is 0 Å². The summed E-state index contributed by atoms with van der Waals surface area (Å²) in [6.07, 6.45) is 1.00. The summed E-state index contributed by atoms with van der Waals surface area (Å²) in [5.41, 5.74) is 5.20. The Labute approximate surface area is 140 Å². The molecular weight excluding hydrogens is 402 g/mol. The summed E-state index contributed by atoms with van der Waals surface area (Å²) in [6, 6.07) is 1.45. The van der Waals surface area contributed by atoms with E-state index in [-0.39, 0.29) is 10.0 Å². The van der Waals surface area contributed by atoms with Gasteiger partial charge in [0.25, 0.3) is 10.0 Å². The molecule has 1 aliphatic heterocycles. The van der Waals surface area contributed by atoms with Gasteiger partial charge < -0.3 is 10.9 Å². The van der Waals surface area contributed by atoms with Gasteiger partial charge in [-0.15, -0.1) is 11.3 Å². The maximum Gasteiger partial charge on any atom is 0.252 e. The fourth-order valence-corrected chi connectivity index (χ4v) is 6.17. The van der Waals surface area contributed by atoms with Gasteiger partial charge in [0.1, 0.15) is 10.0 Å². The van der Waals surface area contributed by atoms with E-state index in [4.69, 9.17) is 22.5 Å². The smallest absolute Gasteiger partial charge is 0.252 e. The largest absolute Gasteiger partial charge is 0.409 e. The minimum atomic E-state index is -3.55. The predicted octanol–water partition coefficient (Wildman–Crippen LogP) is 2.70. The summed E-state index contributed by atoms with van der Waals surface area (Å²) in [5.74, 6) is 0.140. The second-order valence-electron chi connectivity index (χ2n) is 5.14. The van der Waals surface area contributed by atoms with E-state index in [1.165, 1.54) is 10.4 Å². The number of sulfonamides is 1. The van der Waals surface area contributed by atoms with Crippen molar-refractivity contribution < 1.29 is 13.6 Å². The summed E-state index contributed by atoms with van der Waals surface area (Å²) < 4.78 is 27.3. The van der Waals surface area contributed by atoms with Crippen LogP contribution in [0.1, 0.15) is 19.8 Å². The second-order valence-corrected chi connectivity index (χ2v) is 10.1. The van der Waals surface area contributed by atoms with Crippen LogP contribution < -0.4 is 5.73 Å². The third-order valence-corrected chi connectivity index (χ3v) is 8.59. The van der Waals surface area contributed by atoms with Crippen LogP contribution in [0.2, 0.25) is 5.02 Å². The fourth-order valence-electron chi connectivity index (χ4n) is 2.18. The third-order valence-electron chi connectivity index (χ3n) is 3.77. The zero-order chi connectivity index (χ0) is 15.8. The third kappa shape index (κ3) is 3.21. The Hall–Kier alpha value is -0.350. The number of oxime groups is 1. The van der Waals surface area contributed by atoms with E-state index in [0.29, 0.717) is 34.7 Å². The topological polar surface area (TPSA) is 96.0 Å². The lowest BCUT2D eigenvalue weighted by molar-refractivity contribution is 0.230. The van der Waals surface area contributed by atoms with Crippen LogP contribution in [0.15, 0.2) is 19.2 Å². The molecule has 1 saturated heterocycles. The van der Waals surface area contributed by atoms with Gasteiger partial charge in [0.05, 0.1) is 8.81 Å². The van der Waals surface area contributed by atoms with Crippen LogP contribution in [0.4, 0.5) is 0 Å². The van der Waals surface area contributed by atoms with Crippen LogP contribution in [0.5, 0.6) is 0 Å². The predicted molar refractivity (Wildman–Crippen MR) is 86.5 cm³/mol. The molecule has 10 heteroatoms. The van der Waals surface area contributed by atoms with E-state index < -0.39 is 15.4 Å². The van der Waals surface area contributed by atoms with Gasteiger partial charge in [-0.2, -0.15) is 4.31 Å². The molecule has 118 valence electrons. The standard InChI is InChI=1S/C11H15BrClN3O3S2/c1-11(10(14)15-17)2-4-16(5-3-11)21(18,19)8-6-7(13)9(12)20-8/h6,17H,2-5H2,1H3,(H2,14,15). The first-order valence-electron chi connectivity index (χ1n) is 6.14. The quantitative estimate of drug-likeness (QED) is 0.343. The van der Waals surface area contributed by atoms with Crippen LogP contribution in [0.3, 0.4) is 0 Å². The van der Waals surface area contributed by atoms with Crippen LogP contribution in [0.25, 0.3) is 0 Å². The minimum Gasteiger partial charge on any atom is -0.409 e. The van der Waals surface area contributed by atoms with Crippen molar-refractivity contribution in [2.45, 2.75) is 24.0 Å². The molecule has 0 aromatic carbocycles. The van der Waals surface area contributed by atoms with Crippen molar-refractivity contribution in [2.75, 3.05) is 13.1 Å². The Morgan fingerprint density at radius 3 is 2.57 bits per heavy atom. The van der Waals surface area contributed by atoms with Crippen molar-refractivity contribution in [1.82, 2.24) is 4.31 Å². The average molecular weight is 417 g/mol. The molecule has 0 bridgehead atoms. The highest BCUT2D eigenvalue weighted by Gasteiger charge is 2.38. The Morgan fingerprint density at radius 2 is 2.14 bits per heavy atom. The number of thiophene rings is 1. The number of hydrogen-bond acceptors (Lipinski definition) is 5. The normalized spacial score (nSPS) is 20.6. The summed E-state index contributed by atoms with van der Waals surface area (Å²) in [4.78, 5) is 0. The van der Waals surface area contributed by atoms with E-state index in [1.54, 1.807) is 0 Å². The molecule has 3 N–H and O–H groups in total. The van der Waals surface area contributed by atoms with E-state index in [2.05, 4.69) is 21.1 Å². The number of nitrogens with two attached hydrogens (primary N) is 1. The first-order chi connectivity index (χ1) is 9.70.